The molecule has 0 N–H and O–H groups in total. The molecule has 0 unspecified atom stereocenters. The Morgan fingerprint density at radius 2 is 1.47 bits per heavy atom. The minimum absolute atomic E-state index is 0.159. The van der Waals surface area contributed by atoms with E-state index in [-0.39, 0.29) is 18.1 Å². The van der Waals surface area contributed by atoms with Gasteiger partial charge in [0.15, 0.2) is 17.3 Å². The summed E-state index contributed by atoms with van der Waals surface area (Å²) >= 11 is 0. The van der Waals surface area contributed by atoms with E-state index < -0.39 is 0 Å². The Morgan fingerprint density at radius 1 is 0.867 bits per heavy atom. The van der Waals surface area contributed by atoms with E-state index in [4.69, 9.17) is 14.2 Å². The lowest BCUT2D eigenvalue weighted by molar-refractivity contribution is -0.132. The molecule has 0 aliphatic carbocycles. The quantitative estimate of drug-likeness (QED) is 0.491. The van der Waals surface area contributed by atoms with Crippen molar-refractivity contribution in [2.24, 2.45) is 0 Å². The average molecular weight is 412 g/mol. The number of nitrogens with zero attached hydrogens (tertiary/aromatic N) is 2. The fourth-order valence-corrected chi connectivity index (χ4v) is 3.59. The zero-order valence-electron chi connectivity index (χ0n) is 17.7. The number of carbonyl (C=O) groups excluding carboxylic acids is 2. The molecule has 7 heteroatoms. The number of hydrogen-bond donors (Lipinski definition) is 0. The highest BCUT2D eigenvalue weighted by Gasteiger charge is 2.24. The maximum absolute atomic E-state index is 12.7. The van der Waals surface area contributed by atoms with Crippen molar-refractivity contribution in [2.75, 3.05) is 47.5 Å². The summed E-state index contributed by atoms with van der Waals surface area (Å²) in [6.45, 7) is 3.69. The summed E-state index contributed by atoms with van der Waals surface area (Å²) in [4.78, 5) is 29.5. The van der Waals surface area contributed by atoms with Crippen LogP contribution >= 0.6 is 0 Å². The number of ketones is 1. The molecule has 1 aliphatic heterocycles. The van der Waals surface area contributed by atoms with Crippen molar-refractivity contribution in [1.82, 2.24) is 9.80 Å². The third-order valence-electron chi connectivity index (χ3n) is 5.27. The van der Waals surface area contributed by atoms with E-state index in [0.717, 1.165) is 19.6 Å². The van der Waals surface area contributed by atoms with E-state index in [1.54, 1.807) is 17.0 Å². The number of amides is 1. The van der Waals surface area contributed by atoms with Crippen LogP contribution in [-0.2, 0) is 11.3 Å². The van der Waals surface area contributed by atoms with Crippen LogP contribution < -0.4 is 14.2 Å². The second-order valence-corrected chi connectivity index (χ2v) is 7.16. The van der Waals surface area contributed by atoms with Crippen LogP contribution in [0.3, 0.4) is 0 Å². The zero-order valence-corrected chi connectivity index (χ0v) is 17.7. The van der Waals surface area contributed by atoms with E-state index >= 15 is 0 Å². The van der Waals surface area contributed by atoms with Gasteiger partial charge in [-0.25, -0.2) is 0 Å². The highest BCUT2D eigenvalue weighted by atomic mass is 16.5. The molecule has 3 rings (SSSR count). The normalized spacial score (nSPS) is 14.3. The number of carbonyl (C=O) groups is 2. The Kier molecular flexibility index (Phi) is 7.30. The largest absolute Gasteiger partial charge is 0.493 e. The van der Waals surface area contributed by atoms with Crippen molar-refractivity contribution in [2.45, 2.75) is 13.0 Å². The number of ether oxygens (including phenoxy) is 3. The van der Waals surface area contributed by atoms with Crippen molar-refractivity contribution in [1.29, 1.82) is 0 Å². The van der Waals surface area contributed by atoms with Gasteiger partial charge in [-0.2, -0.15) is 0 Å². The molecular formula is C23H28N2O5. The lowest BCUT2D eigenvalue weighted by Crippen LogP contribution is -2.48. The van der Waals surface area contributed by atoms with Gasteiger partial charge in [-0.15, -0.1) is 0 Å². The van der Waals surface area contributed by atoms with Crippen LogP contribution in [0.1, 0.15) is 22.3 Å². The first-order valence-corrected chi connectivity index (χ1v) is 9.93. The van der Waals surface area contributed by atoms with E-state index in [1.165, 1.54) is 26.9 Å². The van der Waals surface area contributed by atoms with E-state index in [1.807, 2.05) is 18.2 Å². The van der Waals surface area contributed by atoms with Gasteiger partial charge >= 0.3 is 0 Å². The molecule has 1 fully saturated rings. The number of Topliss-reactive ketones (excluding diaryl/α,β-unsaturated/α-hetero) is 1. The fourth-order valence-electron chi connectivity index (χ4n) is 3.59. The molecule has 2 aromatic carbocycles. The summed E-state index contributed by atoms with van der Waals surface area (Å²) < 4.78 is 15.9. The highest BCUT2D eigenvalue weighted by Crippen LogP contribution is 2.38. The molecule has 0 aromatic heterocycles. The van der Waals surface area contributed by atoms with Crippen molar-refractivity contribution >= 4 is 11.7 Å². The first kappa shape index (κ1) is 21.6. The summed E-state index contributed by atoms with van der Waals surface area (Å²) in [6.07, 6.45) is -0.183. The lowest BCUT2D eigenvalue weighted by atomic mass is 10.1. The first-order chi connectivity index (χ1) is 14.5. The number of methoxy groups -OCH3 is 3. The van der Waals surface area contributed by atoms with Gasteiger partial charge in [-0.1, -0.05) is 30.3 Å². The molecule has 0 spiro atoms. The van der Waals surface area contributed by atoms with Gasteiger partial charge in [0.1, 0.15) is 0 Å². The van der Waals surface area contributed by atoms with Crippen LogP contribution in [0.5, 0.6) is 17.2 Å². The number of rotatable bonds is 8. The van der Waals surface area contributed by atoms with Crippen molar-refractivity contribution in [3.8, 4) is 17.2 Å². The number of benzene rings is 2. The topological polar surface area (TPSA) is 68.3 Å². The van der Waals surface area contributed by atoms with E-state index in [0.29, 0.717) is 35.9 Å². The molecule has 1 saturated heterocycles. The Morgan fingerprint density at radius 3 is 2.00 bits per heavy atom. The number of piperazine rings is 1. The molecule has 0 bridgehead atoms. The first-order valence-electron chi connectivity index (χ1n) is 9.93. The van der Waals surface area contributed by atoms with Gasteiger partial charge in [0.25, 0.3) is 0 Å². The van der Waals surface area contributed by atoms with E-state index in [9.17, 15) is 9.59 Å². The van der Waals surface area contributed by atoms with Crippen LogP contribution in [0.4, 0.5) is 0 Å². The highest BCUT2D eigenvalue weighted by molar-refractivity contribution is 6.08. The smallest absolute Gasteiger partial charge is 0.230 e. The summed E-state index contributed by atoms with van der Waals surface area (Å²) in [6, 6.07) is 13.4. The molecular weight excluding hydrogens is 384 g/mol. The Bertz CT molecular complexity index is 851. The second-order valence-electron chi connectivity index (χ2n) is 7.16. The maximum Gasteiger partial charge on any atom is 0.230 e. The van der Waals surface area contributed by atoms with Crippen molar-refractivity contribution in [3.63, 3.8) is 0 Å². The van der Waals surface area contributed by atoms with Crippen LogP contribution in [0, 0.1) is 0 Å². The molecule has 0 atom stereocenters. The average Bonchev–Trinajstić information content (AvgIpc) is 2.79. The van der Waals surface area contributed by atoms with Crippen molar-refractivity contribution < 1.29 is 23.8 Å². The standard InChI is InChI=1S/C23H28N2O5/c1-28-20-13-18(14-21(29-2)23(20)30-3)19(26)15-22(27)25-11-9-24(10-12-25)16-17-7-5-4-6-8-17/h4-8,13-14H,9-12,15-16H2,1-3H3. The third-order valence-corrected chi connectivity index (χ3v) is 5.27. The van der Waals surface area contributed by atoms with Gasteiger partial charge in [0.2, 0.25) is 11.7 Å². The van der Waals surface area contributed by atoms with E-state index in [2.05, 4.69) is 17.0 Å². The molecule has 0 radical (unpaired) electrons. The van der Waals surface area contributed by atoms with Crippen LogP contribution in [0.15, 0.2) is 42.5 Å². The molecule has 1 amide bonds. The summed E-state index contributed by atoms with van der Waals surface area (Å²) in [5.41, 5.74) is 1.62. The minimum atomic E-state index is -0.272. The molecule has 7 nitrogen and oxygen atoms in total. The second kappa shape index (κ2) is 10.1. The third kappa shape index (κ3) is 5.10. The molecule has 1 aliphatic rings. The molecule has 0 saturated carbocycles. The molecule has 160 valence electrons. The predicted octanol–water partition coefficient (Wildman–Crippen LogP) is 2.63. The predicted molar refractivity (Wildman–Crippen MR) is 113 cm³/mol. The zero-order chi connectivity index (χ0) is 21.5. The maximum atomic E-state index is 12.7. The molecule has 30 heavy (non-hydrogen) atoms. The van der Waals surface area contributed by atoms with Gasteiger partial charge in [-0.05, 0) is 17.7 Å². The van der Waals surface area contributed by atoms with Gasteiger partial charge in [0.05, 0.1) is 27.8 Å². The Hall–Kier alpha value is -3.06. The summed E-state index contributed by atoms with van der Waals surface area (Å²) in [7, 11) is 4.49. The summed E-state index contributed by atoms with van der Waals surface area (Å²) in [5, 5.41) is 0. The summed E-state index contributed by atoms with van der Waals surface area (Å²) in [5.74, 6) is 0.765. The van der Waals surface area contributed by atoms with Gasteiger partial charge in [-0.3, -0.25) is 14.5 Å². The minimum Gasteiger partial charge on any atom is -0.493 e. The number of hydrogen-bond acceptors (Lipinski definition) is 6. The van der Waals surface area contributed by atoms with Crippen LogP contribution in [0.25, 0.3) is 0 Å². The monoisotopic (exact) mass is 412 g/mol. The Labute approximate surface area is 177 Å². The Balaban J connectivity index is 1.58. The molecule has 2 aromatic rings. The van der Waals surface area contributed by atoms with Crippen LogP contribution in [-0.4, -0.2) is 69.0 Å². The van der Waals surface area contributed by atoms with Crippen molar-refractivity contribution in [3.05, 3.63) is 53.6 Å². The van der Waals surface area contributed by atoms with Crippen LogP contribution in [0.2, 0.25) is 0 Å². The molecule has 1 heterocycles. The lowest BCUT2D eigenvalue weighted by Gasteiger charge is -2.34. The van der Waals surface area contributed by atoms with Gasteiger partial charge in [0, 0.05) is 38.3 Å². The fraction of sp³-hybridized carbons (Fsp3) is 0.391. The SMILES string of the molecule is COc1cc(C(=O)CC(=O)N2CCN(Cc3ccccc3)CC2)cc(OC)c1OC. The van der Waals surface area contributed by atoms with Gasteiger partial charge < -0.3 is 19.1 Å².